The average Bonchev–Trinajstić information content (AvgIpc) is 2.67. The summed E-state index contributed by atoms with van der Waals surface area (Å²) in [4.78, 5) is 15.5. The minimum atomic E-state index is -0.506. The van der Waals surface area contributed by atoms with Gasteiger partial charge in [-0.1, -0.05) is 25.7 Å². The Morgan fingerprint density at radius 3 is 2.72 bits per heavy atom. The van der Waals surface area contributed by atoms with Crippen LogP contribution in [0.2, 0.25) is 0 Å². The molecule has 1 aromatic rings. The molecule has 0 amide bonds. The van der Waals surface area contributed by atoms with Crippen LogP contribution in [0.15, 0.2) is 4.52 Å². The summed E-state index contributed by atoms with van der Waals surface area (Å²) >= 11 is 0. The van der Waals surface area contributed by atoms with Crippen molar-refractivity contribution in [2.24, 2.45) is 5.92 Å². The van der Waals surface area contributed by atoms with E-state index in [0.717, 1.165) is 6.42 Å². The van der Waals surface area contributed by atoms with Gasteiger partial charge in [-0.15, -0.1) is 0 Å². The summed E-state index contributed by atoms with van der Waals surface area (Å²) in [5.74, 6) is 0.710. The van der Waals surface area contributed by atoms with Crippen LogP contribution in [0.5, 0.6) is 0 Å². The van der Waals surface area contributed by atoms with Gasteiger partial charge in [-0.05, 0) is 30.8 Å². The van der Waals surface area contributed by atoms with Crippen molar-refractivity contribution < 1.29 is 14.1 Å². The zero-order chi connectivity index (χ0) is 12.8. The zero-order valence-electron chi connectivity index (χ0n) is 10.9. The molecule has 0 radical (unpaired) electrons. The van der Waals surface area contributed by atoms with Crippen LogP contribution in [0.25, 0.3) is 0 Å². The topological polar surface area (TPSA) is 65.2 Å². The van der Waals surface area contributed by atoms with Gasteiger partial charge in [-0.2, -0.15) is 4.98 Å². The molecule has 18 heavy (non-hydrogen) atoms. The molecule has 0 atom stereocenters. The second-order valence-corrected chi connectivity index (χ2v) is 4.79. The fourth-order valence-corrected chi connectivity index (χ4v) is 2.43. The lowest BCUT2D eigenvalue weighted by molar-refractivity contribution is 0.0508. The Labute approximate surface area is 107 Å². The molecule has 100 valence electrons. The van der Waals surface area contributed by atoms with Crippen molar-refractivity contribution in [3.63, 3.8) is 0 Å². The lowest BCUT2D eigenvalue weighted by Crippen LogP contribution is -2.07. The number of hydrogen-bond donors (Lipinski definition) is 0. The number of hydrogen-bond acceptors (Lipinski definition) is 5. The predicted molar refractivity (Wildman–Crippen MR) is 65.2 cm³/mol. The van der Waals surface area contributed by atoms with Crippen LogP contribution in [0.3, 0.4) is 0 Å². The van der Waals surface area contributed by atoms with E-state index in [9.17, 15) is 4.79 Å². The lowest BCUT2D eigenvalue weighted by Gasteiger charge is -2.09. The fourth-order valence-electron chi connectivity index (χ4n) is 2.43. The fraction of sp³-hybridized carbons (Fsp3) is 0.769. The van der Waals surface area contributed by atoms with Crippen LogP contribution in [-0.2, 0) is 11.2 Å². The van der Waals surface area contributed by atoms with Crippen LogP contribution >= 0.6 is 0 Å². The second-order valence-electron chi connectivity index (χ2n) is 4.79. The van der Waals surface area contributed by atoms with Crippen molar-refractivity contribution >= 4 is 5.97 Å². The number of aromatic nitrogens is 2. The molecule has 0 aromatic carbocycles. The van der Waals surface area contributed by atoms with Gasteiger partial charge in [-0.25, -0.2) is 4.79 Å². The molecule has 0 unspecified atom stereocenters. The summed E-state index contributed by atoms with van der Waals surface area (Å²) < 4.78 is 9.94. The Morgan fingerprint density at radius 1 is 1.33 bits per heavy atom. The van der Waals surface area contributed by atoms with Crippen molar-refractivity contribution in [2.45, 2.75) is 51.9 Å². The molecule has 5 heteroatoms. The second kappa shape index (κ2) is 6.52. The summed E-state index contributed by atoms with van der Waals surface area (Å²) in [6.45, 7) is 2.08. The molecule has 1 saturated carbocycles. The molecule has 2 rings (SSSR count). The summed E-state index contributed by atoms with van der Waals surface area (Å²) in [6.07, 6.45) is 8.44. The summed E-state index contributed by atoms with van der Waals surface area (Å²) in [5, 5.41) is 3.66. The van der Waals surface area contributed by atoms with Crippen LogP contribution in [0, 0.1) is 5.92 Å². The Kier molecular flexibility index (Phi) is 4.73. The highest BCUT2D eigenvalue weighted by Gasteiger charge is 2.19. The van der Waals surface area contributed by atoms with Gasteiger partial charge in [0.15, 0.2) is 0 Å². The maximum absolute atomic E-state index is 11.4. The lowest BCUT2D eigenvalue weighted by atomic mass is 9.97. The first kappa shape index (κ1) is 13.1. The summed E-state index contributed by atoms with van der Waals surface area (Å²) in [7, 11) is 0. The summed E-state index contributed by atoms with van der Waals surface area (Å²) in [6, 6.07) is 0. The Hall–Kier alpha value is -1.39. The van der Waals surface area contributed by atoms with Crippen molar-refractivity contribution in [1.82, 2.24) is 10.1 Å². The first-order valence-corrected chi connectivity index (χ1v) is 6.79. The Morgan fingerprint density at radius 2 is 2.06 bits per heavy atom. The van der Waals surface area contributed by atoms with Gasteiger partial charge in [0, 0.05) is 6.42 Å². The minimum Gasteiger partial charge on any atom is -0.460 e. The number of esters is 1. The van der Waals surface area contributed by atoms with Crippen molar-refractivity contribution in [3.05, 3.63) is 11.7 Å². The third kappa shape index (κ3) is 3.55. The smallest absolute Gasteiger partial charge is 0.379 e. The molecule has 1 aromatic heterocycles. The number of carbonyl (C=O) groups is 1. The highest BCUT2D eigenvalue weighted by molar-refractivity contribution is 5.84. The maximum Gasteiger partial charge on any atom is 0.379 e. The summed E-state index contributed by atoms with van der Waals surface area (Å²) in [5.41, 5.74) is 0. The molecular weight excluding hydrogens is 232 g/mol. The van der Waals surface area contributed by atoms with E-state index in [1.54, 1.807) is 6.92 Å². The first-order chi connectivity index (χ1) is 8.79. The van der Waals surface area contributed by atoms with Gasteiger partial charge in [-0.3, -0.25) is 0 Å². The van der Waals surface area contributed by atoms with Crippen LogP contribution < -0.4 is 0 Å². The van der Waals surface area contributed by atoms with Crippen LogP contribution in [0.1, 0.15) is 62.0 Å². The van der Waals surface area contributed by atoms with Gasteiger partial charge < -0.3 is 9.26 Å². The van der Waals surface area contributed by atoms with Crippen LogP contribution in [0.4, 0.5) is 0 Å². The third-order valence-corrected chi connectivity index (χ3v) is 3.36. The Balaban J connectivity index is 1.91. The van der Waals surface area contributed by atoms with E-state index in [1.807, 2.05) is 0 Å². The number of carbonyl (C=O) groups excluding carboxylic acids is 1. The highest BCUT2D eigenvalue weighted by atomic mass is 16.5. The molecule has 1 heterocycles. The standard InChI is InChI=1S/C13H20N2O3/c1-2-17-13(16)12-14-11(18-15-12)9-10-7-5-3-4-6-8-10/h10H,2-9H2,1H3. The Bertz CT molecular complexity index is 381. The van der Waals surface area contributed by atoms with Gasteiger partial charge in [0.25, 0.3) is 5.82 Å². The molecule has 0 bridgehead atoms. The largest absolute Gasteiger partial charge is 0.460 e. The molecule has 0 spiro atoms. The maximum atomic E-state index is 11.4. The van der Waals surface area contributed by atoms with Gasteiger partial charge in [0.1, 0.15) is 0 Å². The monoisotopic (exact) mass is 252 g/mol. The van der Waals surface area contributed by atoms with E-state index in [1.165, 1.54) is 38.5 Å². The molecule has 1 aliphatic rings. The van der Waals surface area contributed by atoms with E-state index < -0.39 is 5.97 Å². The van der Waals surface area contributed by atoms with Gasteiger partial charge in [0.2, 0.25) is 5.89 Å². The number of ether oxygens (including phenoxy) is 1. The van der Waals surface area contributed by atoms with E-state index >= 15 is 0 Å². The molecule has 0 aliphatic heterocycles. The number of rotatable bonds is 4. The molecule has 1 fully saturated rings. The normalized spacial score (nSPS) is 17.4. The molecular formula is C13H20N2O3. The molecule has 0 saturated heterocycles. The minimum absolute atomic E-state index is 0.0421. The number of nitrogens with zero attached hydrogens (tertiary/aromatic N) is 2. The molecule has 1 aliphatic carbocycles. The van der Waals surface area contributed by atoms with E-state index in [-0.39, 0.29) is 5.82 Å². The highest BCUT2D eigenvalue weighted by Crippen LogP contribution is 2.25. The average molecular weight is 252 g/mol. The first-order valence-electron chi connectivity index (χ1n) is 6.79. The predicted octanol–water partition coefficient (Wildman–Crippen LogP) is 2.76. The van der Waals surface area contributed by atoms with Gasteiger partial charge >= 0.3 is 5.97 Å². The van der Waals surface area contributed by atoms with Crippen molar-refractivity contribution in [3.8, 4) is 0 Å². The van der Waals surface area contributed by atoms with E-state index in [4.69, 9.17) is 9.26 Å². The van der Waals surface area contributed by atoms with Crippen molar-refractivity contribution in [1.29, 1.82) is 0 Å². The zero-order valence-corrected chi connectivity index (χ0v) is 10.9. The van der Waals surface area contributed by atoms with E-state index in [2.05, 4.69) is 10.1 Å². The molecule has 5 nitrogen and oxygen atoms in total. The SMILES string of the molecule is CCOC(=O)c1noc(CC2CCCCCC2)n1. The van der Waals surface area contributed by atoms with Crippen molar-refractivity contribution in [2.75, 3.05) is 6.61 Å². The van der Waals surface area contributed by atoms with E-state index in [0.29, 0.717) is 18.4 Å². The van der Waals surface area contributed by atoms with Gasteiger partial charge in [0.05, 0.1) is 6.61 Å². The third-order valence-electron chi connectivity index (χ3n) is 3.36. The van der Waals surface area contributed by atoms with Crippen LogP contribution in [-0.4, -0.2) is 22.7 Å². The quantitative estimate of drug-likeness (QED) is 0.609. The molecule has 0 N–H and O–H groups in total.